The molecular weight excluding hydrogens is 272 g/mol. The molecule has 6 nitrogen and oxygen atoms in total. The number of carbonyl (C=O) groups is 1. The third-order valence-corrected chi connectivity index (χ3v) is 3.24. The number of phenolic OH excluding ortho intramolecular Hbond substituents is 2. The lowest BCUT2D eigenvalue weighted by atomic mass is 10.1. The molecule has 0 unspecified atom stereocenters. The molecule has 2 rings (SSSR count). The maximum atomic E-state index is 10.7. The van der Waals surface area contributed by atoms with Crippen LogP contribution in [0.4, 0.5) is 0 Å². The van der Waals surface area contributed by atoms with Crippen molar-refractivity contribution in [2.75, 3.05) is 0 Å². The van der Waals surface area contributed by atoms with Crippen LogP contribution in [0.5, 0.6) is 11.5 Å². The Hall–Kier alpha value is -2.63. The van der Waals surface area contributed by atoms with Gasteiger partial charge in [0.25, 0.3) is 0 Å². The molecule has 2 aromatic rings. The van der Waals surface area contributed by atoms with E-state index in [-0.39, 0.29) is 17.9 Å². The van der Waals surface area contributed by atoms with Crippen LogP contribution in [-0.4, -0.2) is 31.3 Å². The molecule has 0 saturated heterocycles. The molecule has 0 bridgehead atoms. The van der Waals surface area contributed by atoms with E-state index < -0.39 is 5.97 Å². The lowest BCUT2D eigenvalue weighted by molar-refractivity contribution is -0.136. The van der Waals surface area contributed by atoms with E-state index in [0.29, 0.717) is 29.2 Å². The summed E-state index contributed by atoms with van der Waals surface area (Å²) in [7, 11) is 0. The molecule has 21 heavy (non-hydrogen) atoms. The van der Waals surface area contributed by atoms with Crippen LogP contribution in [0.2, 0.25) is 0 Å². The van der Waals surface area contributed by atoms with Crippen LogP contribution in [0.1, 0.15) is 23.4 Å². The highest BCUT2D eigenvalue weighted by Gasteiger charge is 2.12. The number of aryl methyl sites for hydroxylation is 2. The van der Waals surface area contributed by atoms with Crippen LogP contribution in [0.3, 0.4) is 0 Å². The number of aliphatic carboxylic acids is 1. The Morgan fingerprint density at radius 2 is 1.71 bits per heavy atom. The fourth-order valence-corrected chi connectivity index (χ4v) is 2.12. The summed E-state index contributed by atoms with van der Waals surface area (Å²) in [6.07, 6.45) is 0.415. The molecule has 0 amide bonds. The standard InChI is InChI=1S/C15H16N2O4/c1-8-11(4-6-14(20)21)9(2)17-15(16-8)10-3-5-12(18)13(19)7-10/h3,5,7,18-19H,4,6H2,1-2H3,(H,20,21). The van der Waals surface area contributed by atoms with Crippen molar-refractivity contribution in [2.45, 2.75) is 26.7 Å². The number of aromatic nitrogens is 2. The SMILES string of the molecule is Cc1nc(-c2ccc(O)c(O)c2)nc(C)c1CCC(=O)O. The minimum Gasteiger partial charge on any atom is -0.504 e. The van der Waals surface area contributed by atoms with Gasteiger partial charge in [-0.2, -0.15) is 0 Å². The zero-order chi connectivity index (χ0) is 15.6. The van der Waals surface area contributed by atoms with Crippen LogP contribution in [0, 0.1) is 13.8 Å². The monoisotopic (exact) mass is 288 g/mol. The quantitative estimate of drug-likeness (QED) is 0.745. The predicted octanol–water partition coefficient (Wildman–Crippen LogP) is 2.19. The number of phenols is 2. The van der Waals surface area contributed by atoms with Crippen LogP contribution in [0.25, 0.3) is 11.4 Å². The highest BCUT2D eigenvalue weighted by atomic mass is 16.4. The van der Waals surface area contributed by atoms with Crippen molar-refractivity contribution in [3.8, 4) is 22.9 Å². The first-order chi connectivity index (χ1) is 9.88. The van der Waals surface area contributed by atoms with Crippen molar-refractivity contribution >= 4 is 5.97 Å². The molecule has 6 heteroatoms. The predicted molar refractivity (Wildman–Crippen MR) is 76.2 cm³/mol. The van der Waals surface area contributed by atoms with Crippen molar-refractivity contribution in [2.24, 2.45) is 0 Å². The second kappa shape index (κ2) is 5.78. The van der Waals surface area contributed by atoms with Gasteiger partial charge < -0.3 is 15.3 Å². The average Bonchev–Trinajstić information content (AvgIpc) is 2.40. The lowest BCUT2D eigenvalue weighted by Crippen LogP contribution is -2.05. The fourth-order valence-electron chi connectivity index (χ4n) is 2.12. The average molecular weight is 288 g/mol. The number of carboxylic acids is 1. The first kappa shape index (κ1) is 14.8. The van der Waals surface area contributed by atoms with Gasteiger partial charge in [0.2, 0.25) is 0 Å². The summed E-state index contributed by atoms with van der Waals surface area (Å²) in [5, 5.41) is 27.6. The summed E-state index contributed by atoms with van der Waals surface area (Å²) in [5.41, 5.74) is 2.84. The van der Waals surface area contributed by atoms with Gasteiger partial charge in [-0.3, -0.25) is 4.79 Å². The van der Waals surface area contributed by atoms with Crippen LogP contribution >= 0.6 is 0 Å². The smallest absolute Gasteiger partial charge is 0.303 e. The zero-order valence-electron chi connectivity index (χ0n) is 11.8. The largest absolute Gasteiger partial charge is 0.504 e. The molecular formula is C15H16N2O4. The van der Waals surface area contributed by atoms with E-state index in [1.807, 2.05) is 0 Å². The Bertz CT molecular complexity index is 675. The van der Waals surface area contributed by atoms with E-state index in [2.05, 4.69) is 9.97 Å². The number of carboxylic acid groups (broad SMARTS) is 1. The number of rotatable bonds is 4. The molecule has 0 aliphatic carbocycles. The molecule has 1 heterocycles. The minimum absolute atomic E-state index is 0.0321. The molecule has 0 spiro atoms. The van der Waals surface area contributed by atoms with Gasteiger partial charge in [-0.15, -0.1) is 0 Å². The van der Waals surface area contributed by atoms with E-state index in [9.17, 15) is 15.0 Å². The third kappa shape index (κ3) is 3.28. The fraction of sp³-hybridized carbons (Fsp3) is 0.267. The Morgan fingerprint density at radius 3 is 2.24 bits per heavy atom. The third-order valence-electron chi connectivity index (χ3n) is 3.24. The molecule has 0 fully saturated rings. The summed E-state index contributed by atoms with van der Waals surface area (Å²) in [4.78, 5) is 19.4. The number of benzene rings is 1. The molecule has 110 valence electrons. The van der Waals surface area contributed by atoms with Gasteiger partial charge in [0, 0.05) is 23.4 Å². The van der Waals surface area contributed by atoms with Gasteiger partial charge >= 0.3 is 5.97 Å². The Morgan fingerprint density at radius 1 is 1.10 bits per heavy atom. The lowest BCUT2D eigenvalue weighted by Gasteiger charge is -2.10. The maximum absolute atomic E-state index is 10.7. The van der Waals surface area contributed by atoms with E-state index in [1.165, 1.54) is 12.1 Å². The highest BCUT2D eigenvalue weighted by Crippen LogP contribution is 2.29. The molecule has 1 aromatic heterocycles. The van der Waals surface area contributed by atoms with Gasteiger partial charge in [-0.1, -0.05) is 0 Å². The number of hydrogen-bond acceptors (Lipinski definition) is 5. The molecule has 0 atom stereocenters. The van der Waals surface area contributed by atoms with Gasteiger partial charge in [-0.25, -0.2) is 9.97 Å². The van der Waals surface area contributed by atoms with Crippen molar-refractivity contribution in [3.05, 3.63) is 35.2 Å². The van der Waals surface area contributed by atoms with Crippen molar-refractivity contribution < 1.29 is 20.1 Å². The maximum Gasteiger partial charge on any atom is 0.303 e. The normalized spacial score (nSPS) is 10.6. The molecule has 3 N–H and O–H groups in total. The van der Waals surface area contributed by atoms with E-state index >= 15 is 0 Å². The molecule has 1 aromatic carbocycles. The molecule has 0 aliphatic rings. The summed E-state index contributed by atoms with van der Waals surface area (Å²) in [5.74, 6) is -0.868. The van der Waals surface area contributed by atoms with Gasteiger partial charge in [0.05, 0.1) is 0 Å². The van der Waals surface area contributed by atoms with Crippen LogP contribution in [0.15, 0.2) is 18.2 Å². The zero-order valence-corrected chi connectivity index (χ0v) is 11.8. The second-order valence-electron chi connectivity index (χ2n) is 4.79. The van der Waals surface area contributed by atoms with Crippen molar-refractivity contribution in [1.82, 2.24) is 9.97 Å². The molecule has 0 radical (unpaired) electrons. The van der Waals surface area contributed by atoms with Crippen molar-refractivity contribution in [1.29, 1.82) is 0 Å². The highest BCUT2D eigenvalue weighted by molar-refractivity contribution is 5.67. The van der Waals surface area contributed by atoms with E-state index in [4.69, 9.17) is 5.11 Å². The number of nitrogens with zero attached hydrogens (tertiary/aromatic N) is 2. The van der Waals surface area contributed by atoms with Gasteiger partial charge in [0.15, 0.2) is 17.3 Å². The minimum atomic E-state index is -0.860. The summed E-state index contributed by atoms with van der Waals surface area (Å²) in [6, 6.07) is 4.37. The van der Waals surface area contributed by atoms with E-state index in [0.717, 1.165) is 5.56 Å². The van der Waals surface area contributed by atoms with E-state index in [1.54, 1.807) is 19.9 Å². The Labute approximate surface area is 121 Å². The summed E-state index contributed by atoms with van der Waals surface area (Å²) < 4.78 is 0. The van der Waals surface area contributed by atoms with Crippen LogP contribution < -0.4 is 0 Å². The Balaban J connectivity index is 2.38. The number of aromatic hydroxyl groups is 2. The number of hydrogen-bond donors (Lipinski definition) is 3. The summed E-state index contributed by atoms with van der Waals surface area (Å²) in [6.45, 7) is 3.60. The summed E-state index contributed by atoms with van der Waals surface area (Å²) >= 11 is 0. The first-order valence-electron chi connectivity index (χ1n) is 6.46. The second-order valence-corrected chi connectivity index (χ2v) is 4.79. The van der Waals surface area contributed by atoms with Gasteiger partial charge in [-0.05, 0) is 44.0 Å². The topological polar surface area (TPSA) is 104 Å². The van der Waals surface area contributed by atoms with Crippen molar-refractivity contribution in [3.63, 3.8) is 0 Å². The van der Waals surface area contributed by atoms with Crippen LogP contribution in [-0.2, 0) is 11.2 Å². The van der Waals surface area contributed by atoms with Gasteiger partial charge in [0.1, 0.15) is 0 Å². The molecule has 0 aliphatic heterocycles. The Kier molecular flexibility index (Phi) is 4.07. The molecule has 0 saturated carbocycles. The first-order valence-corrected chi connectivity index (χ1v) is 6.46.